The van der Waals surface area contributed by atoms with Crippen molar-refractivity contribution in [1.82, 2.24) is 4.90 Å². The number of nitrogens with zero attached hydrogens (tertiary/aromatic N) is 1. The molecule has 2 heterocycles. The molecule has 1 aromatic heterocycles. The summed E-state index contributed by atoms with van der Waals surface area (Å²) < 4.78 is 0. The Morgan fingerprint density at radius 1 is 1.37 bits per heavy atom. The third kappa shape index (κ3) is 2.53. The van der Waals surface area contributed by atoms with E-state index in [9.17, 15) is 4.79 Å². The van der Waals surface area contributed by atoms with E-state index in [0.29, 0.717) is 10.6 Å². The highest BCUT2D eigenvalue weighted by atomic mass is 35.5. The Bertz CT molecular complexity index is 582. The van der Waals surface area contributed by atoms with Crippen molar-refractivity contribution in [2.45, 2.75) is 18.9 Å². The molecule has 1 atom stereocenters. The van der Waals surface area contributed by atoms with Crippen molar-refractivity contribution in [2.75, 3.05) is 6.54 Å². The summed E-state index contributed by atoms with van der Waals surface area (Å²) >= 11 is 7.64. The maximum absolute atomic E-state index is 12.6. The molecule has 1 aliphatic rings. The van der Waals surface area contributed by atoms with Crippen LogP contribution in [0, 0.1) is 0 Å². The molecular formula is C15H14ClNOS. The third-order valence-corrected chi connectivity index (χ3v) is 4.45. The van der Waals surface area contributed by atoms with Crippen molar-refractivity contribution in [2.24, 2.45) is 0 Å². The zero-order chi connectivity index (χ0) is 13.2. The first-order valence-electron chi connectivity index (χ1n) is 6.34. The molecule has 1 aromatic carbocycles. The largest absolute Gasteiger partial charge is 0.332 e. The fourth-order valence-corrected chi connectivity index (χ4v) is 3.51. The van der Waals surface area contributed by atoms with Crippen LogP contribution in [0.3, 0.4) is 0 Å². The number of halogens is 1. The Hall–Kier alpha value is -1.32. The van der Waals surface area contributed by atoms with Gasteiger partial charge in [0.05, 0.1) is 6.04 Å². The minimum absolute atomic E-state index is 0.0798. The maximum atomic E-state index is 12.6. The summed E-state index contributed by atoms with van der Waals surface area (Å²) in [6.07, 6.45) is 2.11. The van der Waals surface area contributed by atoms with E-state index in [4.69, 9.17) is 11.6 Å². The first-order valence-corrected chi connectivity index (χ1v) is 7.66. The Balaban J connectivity index is 1.87. The number of amides is 1. The Morgan fingerprint density at radius 2 is 2.26 bits per heavy atom. The number of hydrogen-bond acceptors (Lipinski definition) is 2. The summed E-state index contributed by atoms with van der Waals surface area (Å²) in [6, 6.07) is 9.52. The average molecular weight is 292 g/mol. The van der Waals surface area contributed by atoms with E-state index in [1.54, 1.807) is 23.5 Å². The van der Waals surface area contributed by atoms with E-state index < -0.39 is 0 Å². The summed E-state index contributed by atoms with van der Waals surface area (Å²) in [5, 5.41) is 4.81. The van der Waals surface area contributed by atoms with Crippen molar-refractivity contribution < 1.29 is 4.79 Å². The number of likely N-dealkylation sites (tertiary alicyclic amines) is 1. The van der Waals surface area contributed by atoms with Crippen LogP contribution in [0.15, 0.2) is 41.1 Å². The van der Waals surface area contributed by atoms with Crippen LogP contribution < -0.4 is 0 Å². The molecule has 0 aliphatic carbocycles. The fourth-order valence-electron chi connectivity index (χ4n) is 2.61. The summed E-state index contributed by atoms with van der Waals surface area (Å²) in [7, 11) is 0. The second-order valence-corrected chi connectivity index (χ2v) is 5.94. The molecule has 0 bridgehead atoms. The van der Waals surface area contributed by atoms with E-state index >= 15 is 0 Å². The number of carbonyl (C=O) groups is 1. The van der Waals surface area contributed by atoms with Gasteiger partial charge in [0.1, 0.15) is 0 Å². The first-order chi connectivity index (χ1) is 9.25. The van der Waals surface area contributed by atoms with E-state index in [1.165, 1.54) is 5.56 Å². The number of carbonyl (C=O) groups excluding carboxylic acids is 1. The van der Waals surface area contributed by atoms with Gasteiger partial charge in [-0.05, 0) is 53.4 Å². The van der Waals surface area contributed by atoms with Gasteiger partial charge in [0, 0.05) is 17.1 Å². The quantitative estimate of drug-likeness (QED) is 0.804. The highest BCUT2D eigenvalue weighted by Crippen LogP contribution is 2.34. The van der Waals surface area contributed by atoms with Gasteiger partial charge in [-0.1, -0.05) is 17.7 Å². The van der Waals surface area contributed by atoms with Crippen LogP contribution in [0.5, 0.6) is 0 Å². The molecule has 4 heteroatoms. The second kappa shape index (κ2) is 5.35. The summed E-state index contributed by atoms with van der Waals surface area (Å²) in [4.78, 5) is 14.5. The van der Waals surface area contributed by atoms with Gasteiger partial charge in [-0.3, -0.25) is 4.79 Å². The van der Waals surface area contributed by atoms with Crippen molar-refractivity contribution in [3.05, 3.63) is 57.2 Å². The van der Waals surface area contributed by atoms with Crippen molar-refractivity contribution in [1.29, 1.82) is 0 Å². The molecule has 0 unspecified atom stereocenters. The lowest BCUT2D eigenvalue weighted by Crippen LogP contribution is -2.30. The van der Waals surface area contributed by atoms with Crippen molar-refractivity contribution in [3.8, 4) is 0 Å². The van der Waals surface area contributed by atoms with E-state index in [-0.39, 0.29) is 11.9 Å². The van der Waals surface area contributed by atoms with Crippen LogP contribution in [-0.4, -0.2) is 17.4 Å². The Kier molecular flexibility index (Phi) is 3.58. The van der Waals surface area contributed by atoms with Crippen molar-refractivity contribution in [3.63, 3.8) is 0 Å². The van der Waals surface area contributed by atoms with E-state index in [0.717, 1.165) is 19.4 Å². The van der Waals surface area contributed by atoms with Gasteiger partial charge in [0.25, 0.3) is 5.91 Å². The zero-order valence-corrected chi connectivity index (χ0v) is 12.0. The second-order valence-electron chi connectivity index (χ2n) is 4.72. The van der Waals surface area contributed by atoms with E-state index in [2.05, 4.69) is 16.8 Å². The standard InChI is InChI=1S/C15H14ClNOS/c16-13-4-1-3-11(9-13)15(18)17-7-2-5-14(17)12-6-8-19-10-12/h1,3-4,6,8-10,14H,2,5,7H2/t14-/m0/s1. The molecular weight excluding hydrogens is 278 g/mol. The average Bonchev–Trinajstić information content (AvgIpc) is 3.08. The van der Waals surface area contributed by atoms with Gasteiger partial charge in [0.2, 0.25) is 0 Å². The van der Waals surface area contributed by atoms with Crippen LogP contribution in [0.1, 0.15) is 34.8 Å². The van der Waals surface area contributed by atoms with Crippen LogP contribution in [-0.2, 0) is 0 Å². The molecule has 3 rings (SSSR count). The lowest BCUT2D eigenvalue weighted by atomic mass is 10.1. The lowest BCUT2D eigenvalue weighted by molar-refractivity contribution is 0.0736. The molecule has 0 saturated carbocycles. The van der Waals surface area contributed by atoms with Crippen molar-refractivity contribution >= 4 is 28.8 Å². The normalized spacial score (nSPS) is 18.8. The SMILES string of the molecule is O=C(c1cccc(Cl)c1)N1CCC[C@H]1c1ccsc1. The molecule has 2 aromatic rings. The molecule has 1 aliphatic heterocycles. The molecule has 2 nitrogen and oxygen atoms in total. The molecule has 1 saturated heterocycles. The van der Waals surface area contributed by atoms with Crippen LogP contribution in [0.4, 0.5) is 0 Å². The molecule has 1 fully saturated rings. The Morgan fingerprint density at radius 3 is 3.00 bits per heavy atom. The molecule has 0 spiro atoms. The third-order valence-electron chi connectivity index (χ3n) is 3.51. The van der Waals surface area contributed by atoms with Gasteiger partial charge in [-0.15, -0.1) is 0 Å². The highest BCUT2D eigenvalue weighted by Gasteiger charge is 2.30. The molecule has 0 N–H and O–H groups in total. The minimum atomic E-state index is 0.0798. The topological polar surface area (TPSA) is 20.3 Å². The zero-order valence-electron chi connectivity index (χ0n) is 10.4. The summed E-state index contributed by atoms with van der Waals surface area (Å²) in [6.45, 7) is 0.825. The Labute approximate surface area is 121 Å². The number of rotatable bonds is 2. The smallest absolute Gasteiger partial charge is 0.254 e. The molecule has 1 amide bonds. The first kappa shape index (κ1) is 12.7. The maximum Gasteiger partial charge on any atom is 0.254 e. The predicted octanol–water partition coefficient (Wildman–Crippen LogP) is 4.38. The van der Waals surface area contributed by atoms with Crippen LogP contribution in [0.2, 0.25) is 5.02 Å². The monoisotopic (exact) mass is 291 g/mol. The van der Waals surface area contributed by atoms with Gasteiger partial charge < -0.3 is 4.90 Å². The molecule has 98 valence electrons. The van der Waals surface area contributed by atoms with Gasteiger partial charge in [0.15, 0.2) is 0 Å². The number of thiophene rings is 1. The van der Waals surface area contributed by atoms with Gasteiger partial charge >= 0.3 is 0 Å². The number of benzene rings is 1. The predicted molar refractivity (Wildman–Crippen MR) is 78.8 cm³/mol. The fraction of sp³-hybridized carbons (Fsp3) is 0.267. The van der Waals surface area contributed by atoms with E-state index in [1.807, 2.05) is 17.0 Å². The molecule has 0 radical (unpaired) electrons. The van der Waals surface area contributed by atoms with Crippen LogP contribution in [0.25, 0.3) is 0 Å². The summed E-state index contributed by atoms with van der Waals surface area (Å²) in [5.41, 5.74) is 1.92. The minimum Gasteiger partial charge on any atom is -0.332 e. The van der Waals surface area contributed by atoms with Gasteiger partial charge in [-0.25, -0.2) is 0 Å². The summed E-state index contributed by atoms with van der Waals surface area (Å²) in [5.74, 6) is 0.0798. The highest BCUT2D eigenvalue weighted by molar-refractivity contribution is 7.08. The van der Waals surface area contributed by atoms with Gasteiger partial charge in [-0.2, -0.15) is 11.3 Å². The number of hydrogen-bond donors (Lipinski definition) is 0. The van der Waals surface area contributed by atoms with Crippen LogP contribution >= 0.6 is 22.9 Å². The molecule has 19 heavy (non-hydrogen) atoms. The lowest BCUT2D eigenvalue weighted by Gasteiger charge is -2.24.